The van der Waals surface area contributed by atoms with Crippen molar-refractivity contribution in [2.75, 3.05) is 0 Å². The molecule has 1 atom stereocenters. The van der Waals surface area contributed by atoms with E-state index < -0.39 is 24.5 Å². The van der Waals surface area contributed by atoms with Crippen molar-refractivity contribution in [2.24, 2.45) is 5.41 Å². The van der Waals surface area contributed by atoms with Crippen LogP contribution in [0, 0.1) is 5.41 Å². The van der Waals surface area contributed by atoms with Gasteiger partial charge in [0.05, 0.1) is 6.42 Å². The number of nitrogens with one attached hydrogen (secondary N) is 1. The summed E-state index contributed by atoms with van der Waals surface area (Å²) in [5, 5.41) is 11.7. The number of halogens is 2. The third kappa shape index (κ3) is 7.89. The van der Waals surface area contributed by atoms with Gasteiger partial charge in [-0.25, -0.2) is 4.79 Å². The predicted molar refractivity (Wildman–Crippen MR) is 85.0 cm³/mol. The number of hydrogen-bond acceptors (Lipinski definition) is 3. The molecule has 5 nitrogen and oxygen atoms in total. The fourth-order valence-electron chi connectivity index (χ4n) is 2.05. The Morgan fingerprint density at radius 2 is 1.79 bits per heavy atom. The fraction of sp³-hybridized carbons (Fsp3) is 0.529. The lowest BCUT2D eigenvalue weighted by atomic mass is 9.88. The molecule has 0 aliphatic carbocycles. The van der Waals surface area contributed by atoms with Crippen molar-refractivity contribution in [3.63, 3.8) is 0 Å². The lowest BCUT2D eigenvalue weighted by molar-refractivity contribution is -0.142. The van der Waals surface area contributed by atoms with Crippen molar-refractivity contribution in [1.29, 1.82) is 0 Å². The lowest BCUT2D eigenvalue weighted by Gasteiger charge is -2.21. The highest BCUT2D eigenvalue weighted by Crippen LogP contribution is 2.21. The number of alkyl halides is 2. The lowest BCUT2D eigenvalue weighted by Crippen LogP contribution is -2.42. The van der Waals surface area contributed by atoms with E-state index in [1.165, 1.54) is 24.3 Å². The second kappa shape index (κ2) is 8.61. The zero-order chi connectivity index (χ0) is 18.3. The molecular formula is C17H23F2NO4. The van der Waals surface area contributed by atoms with E-state index in [0.717, 1.165) is 0 Å². The highest BCUT2D eigenvalue weighted by Gasteiger charge is 2.22. The normalized spacial score (nSPS) is 12.8. The summed E-state index contributed by atoms with van der Waals surface area (Å²) in [5.74, 6) is -1.50. The van der Waals surface area contributed by atoms with E-state index in [1.807, 2.05) is 20.8 Å². The minimum absolute atomic E-state index is 0.00254. The maximum absolute atomic E-state index is 12.1. The summed E-state index contributed by atoms with van der Waals surface area (Å²) in [5.41, 5.74) is 0.549. The number of ether oxygens (including phenoxy) is 1. The van der Waals surface area contributed by atoms with Crippen LogP contribution in [0.3, 0.4) is 0 Å². The largest absolute Gasteiger partial charge is 0.480 e. The Hall–Kier alpha value is -2.18. The minimum Gasteiger partial charge on any atom is -0.480 e. The molecule has 0 radical (unpaired) electrons. The molecule has 0 fully saturated rings. The zero-order valence-electron chi connectivity index (χ0n) is 14.0. The average molecular weight is 343 g/mol. The first-order chi connectivity index (χ1) is 11.1. The molecule has 1 rings (SSSR count). The van der Waals surface area contributed by atoms with Crippen LogP contribution in [0.15, 0.2) is 24.3 Å². The van der Waals surface area contributed by atoms with Crippen molar-refractivity contribution in [3.05, 3.63) is 29.8 Å². The van der Waals surface area contributed by atoms with Gasteiger partial charge >= 0.3 is 12.6 Å². The number of amides is 1. The SMILES string of the molecule is CC(C)(C)CCC(NC(=O)Cc1ccc(OC(F)F)cc1)C(=O)O. The number of carboxylic acids is 1. The van der Waals surface area contributed by atoms with Crippen molar-refractivity contribution >= 4 is 11.9 Å². The van der Waals surface area contributed by atoms with Gasteiger partial charge in [-0.3, -0.25) is 4.79 Å². The van der Waals surface area contributed by atoms with Crippen molar-refractivity contribution in [2.45, 2.75) is 52.7 Å². The Morgan fingerprint density at radius 1 is 1.21 bits per heavy atom. The van der Waals surface area contributed by atoms with E-state index in [-0.39, 0.29) is 17.6 Å². The molecule has 24 heavy (non-hydrogen) atoms. The van der Waals surface area contributed by atoms with Gasteiger partial charge in [0, 0.05) is 0 Å². The number of carbonyl (C=O) groups is 2. The molecule has 134 valence electrons. The number of aliphatic carboxylic acids is 1. The molecule has 1 unspecified atom stereocenters. The van der Waals surface area contributed by atoms with Crippen LogP contribution in [0.25, 0.3) is 0 Å². The molecule has 7 heteroatoms. The van der Waals surface area contributed by atoms with Crippen molar-refractivity contribution in [3.8, 4) is 5.75 Å². The van der Waals surface area contributed by atoms with E-state index in [4.69, 9.17) is 0 Å². The van der Waals surface area contributed by atoms with Crippen LogP contribution in [0.4, 0.5) is 8.78 Å². The minimum atomic E-state index is -2.90. The molecule has 0 heterocycles. The van der Waals surface area contributed by atoms with Gasteiger partial charge in [0.2, 0.25) is 5.91 Å². The first-order valence-electron chi connectivity index (χ1n) is 7.63. The molecule has 0 saturated heterocycles. The van der Waals surface area contributed by atoms with Crippen LogP contribution in [0.5, 0.6) is 5.75 Å². The Morgan fingerprint density at radius 3 is 2.25 bits per heavy atom. The van der Waals surface area contributed by atoms with E-state index in [9.17, 15) is 23.5 Å². The molecule has 0 aliphatic heterocycles. The maximum atomic E-state index is 12.1. The van der Waals surface area contributed by atoms with Gasteiger partial charge in [0.1, 0.15) is 11.8 Å². The van der Waals surface area contributed by atoms with E-state index >= 15 is 0 Å². The summed E-state index contributed by atoms with van der Waals surface area (Å²) in [7, 11) is 0. The number of rotatable bonds is 8. The number of benzene rings is 1. The summed E-state index contributed by atoms with van der Waals surface area (Å²) in [6, 6.07) is 4.70. The highest BCUT2D eigenvalue weighted by atomic mass is 19.3. The Bertz CT molecular complexity index is 553. The molecule has 0 aromatic heterocycles. The van der Waals surface area contributed by atoms with E-state index in [1.54, 1.807) is 0 Å². The number of carbonyl (C=O) groups excluding carboxylic acids is 1. The standard InChI is InChI=1S/C17H23F2NO4/c1-17(2,3)9-8-13(15(22)23)20-14(21)10-11-4-6-12(7-5-11)24-16(18)19/h4-7,13,16H,8-10H2,1-3H3,(H,20,21)(H,22,23). The molecule has 2 N–H and O–H groups in total. The zero-order valence-corrected chi connectivity index (χ0v) is 14.0. The van der Waals surface area contributed by atoms with Crippen LogP contribution >= 0.6 is 0 Å². The molecule has 0 aliphatic rings. The monoisotopic (exact) mass is 343 g/mol. The van der Waals surface area contributed by atoms with Crippen LogP contribution in [0.2, 0.25) is 0 Å². The molecule has 0 spiro atoms. The van der Waals surface area contributed by atoms with Gasteiger partial charge in [0.25, 0.3) is 0 Å². The molecule has 1 aromatic carbocycles. The van der Waals surface area contributed by atoms with Crippen molar-refractivity contribution < 1.29 is 28.2 Å². The summed E-state index contributed by atoms with van der Waals surface area (Å²) < 4.78 is 28.4. The first-order valence-corrected chi connectivity index (χ1v) is 7.63. The molecular weight excluding hydrogens is 320 g/mol. The van der Waals surface area contributed by atoms with Crippen LogP contribution in [-0.2, 0) is 16.0 Å². The second-order valence-electron chi connectivity index (χ2n) is 6.76. The summed E-state index contributed by atoms with van der Waals surface area (Å²) in [6.45, 7) is 3.09. The third-order valence-corrected chi connectivity index (χ3v) is 3.33. The average Bonchev–Trinajstić information content (AvgIpc) is 2.43. The van der Waals surface area contributed by atoms with Gasteiger partial charge in [-0.15, -0.1) is 0 Å². The van der Waals surface area contributed by atoms with Gasteiger partial charge in [-0.2, -0.15) is 8.78 Å². The topological polar surface area (TPSA) is 75.6 Å². The number of hydrogen-bond donors (Lipinski definition) is 2. The predicted octanol–water partition coefficient (Wildman–Crippen LogP) is 3.23. The fourth-order valence-corrected chi connectivity index (χ4v) is 2.05. The molecule has 0 bridgehead atoms. The highest BCUT2D eigenvalue weighted by molar-refractivity contribution is 5.84. The van der Waals surface area contributed by atoms with E-state index in [0.29, 0.717) is 18.4 Å². The number of carboxylic acid groups (broad SMARTS) is 1. The molecule has 0 saturated carbocycles. The summed E-state index contributed by atoms with van der Waals surface area (Å²) >= 11 is 0. The Kier molecular flexibility index (Phi) is 7.13. The van der Waals surface area contributed by atoms with Crippen LogP contribution in [0.1, 0.15) is 39.2 Å². The third-order valence-electron chi connectivity index (χ3n) is 3.33. The van der Waals surface area contributed by atoms with E-state index in [2.05, 4.69) is 10.1 Å². The summed E-state index contributed by atoms with van der Waals surface area (Å²) in [4.78, 5) is 23.2. The van der Waals surface area contributed by atoms with Gasteiger partial charge < -0.3 is 15.2 Å². The van der Waals surface area contributed by atoms with Crippen LogP contribution < -0.4 is 10.1 Å². The van der Waals surface area contributed by atoms with Gasteiger partial charge in [-0.05, 0) is 36.0 Å². The van der Waals surface area contributed by atoms with Crippen LogP contribution in [-0.4, -0.2) is 29.6 Å². The second-order valence-corrected chi connectivity index (χ2v) is 6.76. The first kappa shape index (κ1) is 19.9. The maximum Gasteiger partial charge on any atom is 0.387 e. The Labute approximate surface area is 140 Å². The molecule has 1 aromatic rings. The van der Waals surface area contributed by atoms with Gasteiger partial charge in [0.15, 0.2) is 0 Å². The quantitative estimate of drug-likeness (QED) is 0.760. The van der Waals surface area contributed by atoms with Gasteiger partial charge in [-0.1, -0.05) is 32.9 Å². The Balaban J connectivity index is 2.57. The summed E-state index contributed by atoms with van der Waals surface area (Å²) in [6.07, 6.45) is 0.962. The van der Waals surface area contributed by atoms with Crippen molar-refractivity contribution in [1.82, 2.24) is 5.32 Å². The molecule has 1 amide bonds. The smallest absolute Gasteiger partial charge is 0.387 e.